The van der Waals surface area contributed by atoms with Crippen molar-refractivity contribution in [3.8, 4) is 6.07 Å². The number of amides is 1. The number of thiophene rings is 1. The van der Waals surface area contributed by atoms with E-state index in [1.54, 1.807) is 0 Å². The summed E-state index contributed by atoms with van der Waals surface area (Å²) in [6.07, 6.45) is 4.79. The third kappa shape index (κ3) is 4.81. The fourth-order valence-corrected chi connectivity index (χ4v) is 4.50. The highest BCUT2D eigenvalue weighted by atomic mass is 32.1. The summed E-state index contributed by atoms with van der Waals surface area (Å²) in [5.74, 6) is -1.68. The SMILES string of the molecule is COC(=O)c1c(NC(=O)COC(=O)c2ccc(C#N)cc2)sc2c1CCCCC2. The summed E-state index contributed by atoms with van der Waals surface area (Å²) in [6.45, 7) is -0.484. The summed E-state index contributed by atoms with van der Waals surface area (Å²) in [7, 11) is 1.31. The molecule has 3 rings (SSSR count). The van der Waals surface area contributed by atoms with Crippen molar-refractivity contribution in [2.24, 2.45) is 0 Å². The zero-order valence-electron chi connectivity index (χ0n) is 15.9. The molecule has 0 aliphatic heterocycles. The summed E-state index contributed by atoms with van der Waals surface area (Å²) in [5.41, 5.74) is 2.02. The van der Waals surface area contributed by atoms with E-state index in [-0.39, 0.29) is 5.56 Å². The van der Waals surface area contributed by atoms with Gasteiger partial charge in [0.15, 0.2) is 6.61 Å². The van der Waals surface area contributed by atoms with Crippen molar-refractivity contribution in [3.05, 3.63) is 51.4 Å². The first-order valence-electron chi connectivity index (χ1n) is 9.23. The van der Waals surface area contributed by atoms with Crippen LogP contribution in [-0.2, 0) is 27.1 Å². The second-order valence-corrected chi connectivity index (χ2v) is 7.68. The van der Waals surface area contributed by atoms with Gasteiger partial charge in [-0.05, 0) is 55.5 Å². The molecule has 1 aliphatic carbocycles. The van der Waals surface area contributed by atoms with Crippen LogP contribution in [0.3, 0.4) is 0 Å². The Morgan fingerprint density at radius 2 is 1.83 bits per heavy atom. The van der Waals surface area contributed by atoms with E-state index in [1.807, 2.05) is 6.07 Å². The Morgan fingerprint density at radius 1 is 1.10 bits per heavy atom. The van der Waals surface area contributed by atoms with Crippen LogP contribution in [0.4, 0.5) is 5.00 Å². The fourth-order valence-electron chi connectivity index (χ4n) is 3.21. The number of nitriles is 1. The van der Waals surface area contributed by atoms with E-state index >= 15 is 0 Å². The van der Waals surface area contributed by atoms with E-state index in [0.29, 0.717) is 16.1 Å². The van der Waals surface area contributed by atoms with E-state index in [2.05, 4.69) is 5.32 Å². The average Bonchev–Trinajstić information content (AvgIpc) is 2.91. The van der Waals surface area contributed by atoms with Crippen LogP contribution in [0.1, 0.15) is 56.0 Å². The Kier molecular flexibility index (Phi) is 6.62. The van der Waals surface area contributed by atoms with Crippen molar-refractivity contribution in [3.63, 3.8) is 0 Å². The lowest BCUT2D eigenvalue weighted by atomic mass is 10.1. The number of esters is 2. The second-order valence-electron chi connectivity index (χ2n) is 6.57. The van der Waals surface area contributed by atoms with Crippen LogP contribution in [0.5, 0.6) is 0 Å². The number of hydrogen-bond acceptors (Lipinski definition) is 7. The first-order valence-corrected chi connectivity index (χ1v) is 10.0. The first-order chi connectivity index (χ1) is 14.0. The second kappa shape index (κ2) is 9.34. The first kappa shape index (κ1) is 20.6. The summed E-state index contributed by atoms with van der Waals surface area (Å²) in [6, 6.07) is 7.88. The number of carbonyl (C=O) groups is 3. The molecular weight excluding hydrogens is 392 g/mol. The number of benzene rings is 1. The molecule has 0 bridgehead atoms. The average molecular weight is 412 g/mol. The number of carbonyl (C=O) groups excluding carboxylic acids is 3. The van der Waals surface area contributed by atoms with Gasteiger partial charge >= 0.3 is 11.9 Å². The molecule has 1 aromatic heterocycles. The van der Waals surface area contributed by atoms with Crippen LogP contribution < -0.4 is 5.32 Å². The van der Waals surface area contributed by atoms with Gasteiger partial charge in [-0.1, -0.05) is 6.42 Å². The van der Waals surface area contributed by atoms with Crippen molar-refractivity contribution in [1.29, 1.82) is 5.26 Å². The Bertz CT molecular complexity index is 972. The van der Waals surface area contributed by atoms with Gasteiger partial charge in [-0.2, -0.15) is 5.26 Å². The molecular formula is C21H20N2O5S. The quantitative estimate of drug-likeness (QED) is 0.595. The minimum absolute atomic E-state index is 0.245. The highest BCUT2D eigenvalue weighted by molar-refractivity contribution is 7.17. The van der Waals surface area contributed by atoms with E-state index < -0.39 is 24.5 Å². The lowest BCUT2D eigenvalue weighted by molar-refractivity contribution is -0.119. The fraction of sp³-hybridized carbons (Fsp3) is 0.333. The van der Waals surface area contributed by atoms with Crippen molar-refractivity contribution in [1.82, 2.24) is 0 Å². The van der Waals surface area contributed by atoms with Gasteiger partial charge in [0.25, 0.3) is 5.91 Å². The van der Waals surface area contributed by atoms with E-state index in [9.17, 15) is 14.4 Å². The van der Waals surface area contributed by atoms with Gasteiger partial charge in [-0.25, -0.2) is 9.59 Å². The number of methoxy groups -OCH3 is 1. The zero-order valence-corrected chi connectivity index (χ0v) is 16.8. The van der Waals surface area contributed by atoms with E-state index in [1.165, 1.54) is 42.7 Å². The molecule has 1 aliphatic rings. The predicted octanol–water partition coefficient (Wildman–Crippen LogP) is 3.47. The highest BCUT2D eigenvalue weighted by Crippen LogP contribution is 2.37. The summed E-state index contributed by atoms with van der Waals surface area (Å²) in [5, 5.41) is 11.9. The topological polar surface area (TPSA) is 105 Å². The predicted molar refractivity (Wildman–Crippen MR) is 107 cm³/mol. The van der Waals surface area contributed by atoms with Crippen LogP contribution in [0.15, 0.2) is 24.3 Å². The molecule has 0 atom stereocenters. The number of rotatable bonds is 5. The Morgan fingerprint density at radius 3 is 2.52 bits per heavy atom. The number of nitrogens with zero attached hydrogens (tertiary/aromatic N) is 1. The minimum Gasteiger partial charge on any atom is -0.465 e. The number of nitrogens with one attached hydrogen (secondary N) is 1. The summed E-state index contributed by atoms with van der Waals surface area (Å²) in [4.78, 5) is 37.8. The number of ether oxygens (including phenoxy) is 2. The van der Waals surface area contributed by atoms with Crippen LogP contribution in [0.25, 0.3) is 0 Å². The van der Waals surface area contributed by atoms with Gasteiger partial charge < -0.3 is 14.8 Å². The molecule has 0 saturated heterocycles. The van der Waals surface area contributed by atoms with Gasteiger partial charge in [-0.15, -0.1) is 11.3 Å². The Labute approximate surface area is 172 Å². The molecule has 0 unspecified atom stereocenters. The van der Waals surface area contributed by atoms with Crippen LogP contribution in [0, 0.1) is 11.3 Å². The molecule has 150 valence electrons. The van der Waals surface area contributed by atoms with Crippen molar-refractivity contribution in [2.75, 3.05) is 19.0 Å². The molecule has 29 heavy (non-hydrogen) atoms. The van der Waals surface area contributed by atoms with Gasteiger partial charge in [0, 0.05) is 4.88 Å². The molecule has 0 fully saturated rings. The maximum atomic E-state index is 12.3. The molecule has 1 amide bonds. The molecule has 7 nitrogen and oxygen atoms in total. The molecule has 2 aromatic rings. The summed E-state index contributed by atoms with van der Waals surface area (Å²) < 4.78 is 9.95. The molecule has 1 heterocycles. The molecule has 8 heteroatoms. The number of aryl methyl sites for hydroxylation is 1. The number of fused-ring (bicyclic) bond motifs is 1. The third-order valence-electron chi connectivity index (χ3n) is 4.65. The minimum atomic E-state index is -0.667. The normalized spacial score (nSPS) is 12.8. The van der Waals surface area contributed by atoms with Gasteiger partial charge in [0.2, 0.25) is 0 Å². The molecule has 0 spiro atoms. The van der Waals surface area contributed by atoms with Crippen LogP contribution in [0.2, 0.25) is 0 Å². The molecule has 0 radical (unpaired) electrons. The van der Waals surface area contributed by atoms with Crippen molar-refractivity contribution < 1.29 is 23.9 Å². The van der Waals surface area contributed by atoms with Gasteiger partial charge in [0.05, 0.1) is 29.9 Å². The van der Waals surface area contributed by atoms with Crippen molar-refractivity contribution >= 4 is 34.2 Å². The van der Waals surface area contributed by atoms with E-state index in [0.717, 1.165) is 42.5 Å². The van der Waals surface area contributed by atoms with Gasteiger partial charge in [-0.3, -0.25) is 4.79 Å². The van der Waals surface area contributed by atoms with Gasteiger partial charge in [0.1, 0.15) is 5.00 Å². The largest absolute Gasteiger partial charge is 0.465 e. The Balaban J connectivity index is 1.67. The lowest BCUT2D eigenvalue weighted by Gasteiger charge is -2.08. The number of hydrogen-bond donors (Lipinski definition) is 1. The monoisotopic (exact) mass is 412 g/mol. The van der Waals surface area contributed by atoms with Crippen LogP contribution in [-0.4, -0.2) is 31.6 Å². The van der Waals surface area contributed by atoms with Crippen molar-refractivity contribution in [2.45, 2.75) is 32.1 Å². The molecule has 1 aromatic carbocycles. The third-order valence-corrected chi connectivity index (χ3v) is 5.86. The Hall–Kier alpha value is -3.18. The highest BCUT2D eigenvalue weighted by Gasteiger charge is 2.26. The zero-order chi connectivity index (χ0) is 20.8. The summed E-state index contributed by atoms with van der Waals surface area (Å²) >= 11 is 1.38. The van der Waals surface area contributed by atoms with E-state index in [4.69, 9.17) is 14.7 Å². The smallest absolute Gasteiger partial charge is 0.341 e. The lowest BCUT2D eigenvalue weighted by Crippen LogP contribution is -2.21. The number of anilines is 1. The standard InChI is InChI=1S/C21H20N2O5S/c1-27-21(26)18-15-5-3-2-4-6-16(15)29-19(18)23-17(24)12-28-20(25)14-9-7-13(11-22)8-10-14/h7-10H,2-6,12H2,1H3,(H,23,24). The maximum absolute atomic E-state index is 12.3. The molecule has 1 N–H and O–H groups in total. The maximum Gasteiger partial charge on any atom is 0.341 e. The van der Waals surface area contributed by atoms with Crippen LogP contribution >= 0.6 is 11.3 Å². The molecule has 0 saturated carbocycles.